The molecule has 1 aliphatic heterocycles. The summed E-state index contributed by atoms with van der Waals surface area (Å²) in [5, 5.41) is 0. The molecule has 0 saturated heterocycles. The monoisotopic (exact) mass is 419 g/mol. The van der Waals surface area contributed by atoms with Crippen molar-refractivity contribution in [2.75, 3.05) is 13.2 Å². The lowest BCUT2D eigenvalue weighted by Crippen LogP contribution is -2.41. The number of aromatic nitrogens is 4. The van der Waals surface area contributed by atoms with Crippen LogP contribution in [0.2, 0.25) is 0 Å². The molecule has 2 aromatic heterocycles. The third kappa shape index (κ3) is 4.63. The van der Waals surface area contributed by atoms with Crippen molar-refractivity contribution >= 4 is 5.91 Å². The van der Waals surface area contributed by atoms with Crippen LogP contribution in [0.5, 0.6) is 5.75 Å². The van der Waals surface area contributed by atoms with Gasteiger partial charge in [-0.25, -0.2) is 9.97 Å². The molecule has 1 aromatic carbocycles. The SMILES string of the molecule is CC(C)(C)c1ccc(OCC(=O)N2CCc3c(nc(-c4cnccn4)[nH]c3=O)C2)cc1. The van der Waals surface area contributed by atoms with E-state index in [4.69, 9.17) is 4.74 Å². The van der Waals surface area contributed by atoms with Crippen LogP contribution in [0.25, 0.3) is 11.5 Å². The minimum absolute atomic E-state index is 0.0601. The van der Waals surface area contributed by atoms with Crippen LogP contribution in [0.15, 0.2) is 47.7 Å². The summed E-state index contributed by atoms with van der Waals surface area (Å²) in [6.45, 7) is 7.09. The molecule has 1 N–H and O–H groups in total. The summed E-state index contributed by atoms with van der Waals surface area (Å²) in [6, 6.07) is 7.80. The maximum atomic E-state index is 12.7. The molecule has 8 heteroatoms. The lowest BCUT2D eigenvalue weighted by molar-refractivity contribution is -0.134. The highest BCUT2D eigenvalue weighted by molar-refractivity contribution is 5.78. The number of H-pyrrole nitrogens is 1. The van der Waals surface area contributed by atoms with Crippen molar-refractivity contribution in [2.45, 2.75) is 39.2 Å². The van der Waals surface area contributed by atoms with E-state index in [1.54, 1.807) is 11.1 Å². The van der Waals surface area contributed by atoms with Gasteiger partial charge in [0.05, 0.1) is 18.4 Å². The van der Waals surface area contributed by atoms with Crippen LogP contribution < -0.4 is 10.3 Å². The highest BCUT2D eigenvalue weighted by atomic mass is 16.5. The molecule has 4 rings (SSSR count). The van der Waals surface area contributed by atoms with Gasteiger partial charge >= 0.3 is 0 Å². The second-order valence-electron chi connectivity index (χ2n) is 8.56. The Morgan fingerprint density at radius 1 is 1.19 bits per heavy atom. The molecule has 3 aromatic rings. The van der Waals surface area contributed by atoms with Crippen LogP contribution in [0.4, 0.5) is 0 Å². The van der Waals surface area contributed by atoms with Gasteiger partial charge in [0.1, 0.15) is 11.4 Å². The molecule has 0 aliphatic carbocycles. The molecule has 0 unspecified atom stereocenters. The summed E-state index contributed by atoms with van der Waals surface area (Å²) in [6.07, 6.45) is 5.08. The van der Waals surface area contributed by atoms with E-state index < -0.39 is 0 Å². The number of carbonyl (C=O) groups is 1. The number of carbonyl (C=O) groups excluding carboxylic acids is 1. The first-order valence-corrected chi connectivity index (χ1v) is 10.2. The Morgan fingerprint density at radius 3 is 2.65 bits per heavy atom. The second kappa shape index (κ2) is 8.29. The van der Waals surface area contributed by atoms with E-state index in [-0.39, 0.29) is 30.0 Å². The maximum absolute atomic E-state index is 12.7. The Bertz CT molecular complexity index is 1130. The highest BCUT2D eigenvalue weighted by Gasteiger charge is 2.25. The molecule has 3 heterocycles. The lowest BCUT2D eigenvalue weighted by atomic mass is 9.87. The molecule has 0 bridgehead atoms. The standard InChI is InChI=1S/C23H25N5O3/c1-23(2,3)15-4-6-16(7-5-15)31-14-20(29)28-11-8-17-19(13-28)26-21(27-22(17)30)18-12-24-9-10-25-18/h4-7,9-10,12H,8,11,13-14H2,1-3H3,(H,26,27,30). The van der Waals surface area contributed by atoms with Crippen molar-refractivity contribution in [2.24, 2.45) is 0 Å². The molecular weight excluding hydrogens is 394 g/mol. The molecule has 0 spiro atoms. The summed E-state index contributed by atoms with van der Waals surface area (Å²) in [5.74, 6) is 0.855. The van der Waals surface area contributed by atoms with Gasteiger partial charge in [-0.1, -0.05) is 32.9 Å². The molecule has 0 fully saturated rings. The Kier molecular flexibility index (Phi) is 5.54. The van der Waals surface area contributed by atoms with Gasteiger partial charge in [0.15, 0.2) is 12.4 Å². The van der Waals surface area contributed by atoms with Crippen molar-refractivity contribution in [3.63, 3.8) is 0 Å². The number of ether oxygens (including phenoxy) is 1. The first kappa shape index (κ1) is 20.7. The van der Waals surface area contributed by atoms with Gasteiger partial charge in [-0.3, -0.25) is 14.6 Å². The smallest absolute Gasteiger partial charge is 0.260 e. The summed E-state index contributed by atoms with van der Waals surface area (Å²) < 4.78 is 5.70. The number of nitrogens with zero attached hydrogens (tertiary/aromatic N) is 4. The first-order valence-electron chi connectivity index (χ1n) is 10.2. The van der Waals surface area contributed by atoms with Crippen LogP contribution in [0.1, 0.15) is 37.6 Å². The topological polar surface area (TPSA) is 101 Å². The van der Waals surface area contributed by atoms with Crippen molar-refractivity contribution in [3.8, 4) is 17.3 Å². The number of hydrogen-bond acceptors (Lipinski definition) is 6. The van der Waals surface area contributed by atoms with E-state index in [9.17, 15) is 9.59 Å². The van der Waals surface area contributed by atoms with Crippen LogP contribution in [-0.2, 0) is 23.2 Å². The van der Waals surface area contributed by atoms with Crippen LogP contribution in [0.3, 0.4) is 0 Å². The molecule has 0 radical (unpaired) electrons. The summed E-state index contributed by atoms with van der Waals surface area (Å²) in [4.78, 5) is 42.3. The molecule has 0 atom stereocenters. The summed E-state index contributed by atoms with van der Waals surface area (Å²) >= 11 is 0. The van der Waals surface area contributed by atoms with E-state index in [1.165, 1.54) is 18.0 Å². The van der Waals surface area contributed by atoms with Gasteiger partial charge in [0, 0.05) is 24.5 Å². The summed E-state index contributed by atoms with van der Waals surface area (Å²) in [7, 11) is 0. The fraction of sp³-hybridized carbons (Fsp3) is 0.348. The quantitative estimate of drug-likeness (QED) is 0.697. The van der Waals surface area contributed by atoms with E-state index in [2.05, 4.69) is 40.7 Å². The average molecular weight is 419 g/mol. The number of amides is 1. The van der Waals surface area contributed by atoms with Crippen molar-refractivity contribution in [3.05, 3.63) is 70.0 Å². The largest absolute Gasteiger partial charge is 0.484 e. The molecule has 1 aliphatic rings. The number of nitrogens with one attached hydrogen (secondary N) is 1. The molecule has 1 amide bonds. The Balaban J connectivity index is 1.44. The minimum atomic E-state index is -0.201. The normalized spacial score (nSPS) is 13.6. The molecule has 31 heavy (non-hydrogen) atoms. The van der Waals surface area contributed by atoms with E-state index in [0.717, 1.165) is 0 Å². The highest BCUT2D eigenvalue weighted by Crippen LogP contribution is 2.24. The van der Waals surface area contributed by atoms with Crippen LogP contribution in [-0.4, -0.2) is 43.9 Å². The molecular formula is C23H25N5O3. The molecule has 160 valence electrons. The number of rotatable bonds is 4. The molecule has 8 nitrogen and oxygen atoms in total. The van der Waals surface area contributed by atoms with Gasteiger partial charge in [-0.15, -0.1) is 0 Å². The zero-order valence-corrected chi connectivity index (χ0v) is 17.9. The number of aromatic amines is 1. The number of benzene rings is 1. The second-order valence-corrected chi connectivity index (χ2v) is 8.56. The summed E-state index contributed by atoms with van der Waals surface area (Å²) in [5.41, 5.74) is 2.73. The van der Waals surface area contributed by atoms with Crippen LogP contribution in [0, 0.1) is 0 Å². The van der Waals surface area contributed by atoms with E-state index in [1.807, 2.05) is 24.3 Å². The van der Waals surface area contributed by atoms with Crippen molar-refractivity contribution in [1.29, 1.82) is 0 Å². The van der Waals surface area contributed by atoms with Crippen molar-refractivity contribution in [1.82, 2.24) is 24.8 Å². The lowest BCUT2D eigenvalue weighted by Gasteiger charge is -2.27. The number of fused-ring (bicyclic) bond motifs is 1. The Labute approximate surface area is 180 Å². The Hall–Kier alpha value is -3.55. The first-order chi connectivity index (χ1) is 14.8. The number of hydrogen-bond donors (Lipinski definition) is 1. The van der Waals surface area contributed by atoms with Gasteiger partial charge < -0.3 is 14.6 Å². The third-order valence-electron chi connectivity index (χ3n) is 5.31. The zero-order valence-electron chi connectivity index (χ0n) is 17.9. The Morgan fingerprint density at radius 2 is 1.97 bits per heavy atom. The maximum Gasteiger partial charge on any atom is 0.260 e. The minimum Gasteiger partial charge on any atom is -0.484 e. The van der Waals surface area contributed by atoms with Gasteiger partial charge in [-0.2, -0.15) is 0 Å². The zero-order chi connectivity index (χ0) is 22.0. The predicted molar refractivity (Wildman–Crippen MR) is 116 cm³/mol. The van der Waals surface area contributed by atoms with Gasteiger partial charge in [0.25, 0.3) is 11.5 Å². The molecule has 0 saturated carbocycles. The van der Waals surface area contributed by atoms with Gasteiger partial charge in [0.2, 0.25) is 0 Å². The fourth-order valence-corrected chi connectivity index (χ4v) is 3.48. The van der Waals surface area contributed by atoms with Crippen molar-refractivity contribution < 1.29 is 9.53 Å². The third-order valence-corrected chi connectivity index (χ3v) is 5.31. The predicted octanol–water partition coefficient (Wildman–Crippen LogP) is 2.49. The van der Waals surface area contributed by atoms with Gasteiger partial charge in [-0.05, 0) is 29.5 Å². The van der Waals surface area contributed by atoms with E-state index in [0.29, 0.717) is 41.5 Å². The fourth-order valence-electron chi connectivity index (χ4n) is 3.48. The average Bonchev–Trinajstić information content (AvgIpc) is 2.77. The van der Waals surface area contributed by atoms with E-state index >= 15 is 0 Å². The van der Waals surface area contributed by atoms with Crippen LogP contribution >= 0.6 is 0 Å².